The van der Waals surface area contributed by atoms with Crippen LogP contribution in [0.4, 0.5) is 0 Å². The van der Waals surface area contributed by atoms with Crippen molar-refractivity contribution in [3.8, 4) is 0 Å². The molecule has 1 aromatic rings. The van der Waals surface area contributed by atoms with Crippen LogP contribution < -0.4 is 5.32 Å². The number of hydrogen-bond donors (Lipinski definition) is 2. The van der Waals surface area contributed by atoms with E-state index in [4.69, 9.17) is 0 Å². The number of carbonyl (C=O) groups excluding carboxylic acids is 1. The number of amides is 1. The molecule has 0 aromatic heterocycles. The molecular formula is C15H23NO2S. The molecule has 0 saturated carbocycles. The van der Waals surface area contributed by atoms with E-state index in [1.54, 1.807) is 6.92 Å². The molecule has 0 spiro atoms. The minimum absolute atomic E-state index is 0.0440. The van der Waals surface area contributed by atoms with Crippen LogP contribution >= 0.6 is 11.8 Å². The quantitative estimate of drug-likeness (QED) is 0.756. The largest absolute Gasteiger partial charge is 0.388 e. The Balaban J connectivity index is 2.32. The van der Waals surface area contributed by atoms with Gasteiger partial charge in [-0.3, -0.25) is 4.79 Å². The molecule has 106 valence electrons. The van der Waals surface area contributed by atoms with Crippen LogP contribution in [-0.2, 0) is 4.79 Å². The molecule has 0 fully saturated rings. The summed E-state index contributed by atoms with van der Waals surface area (Å²) < 4.78 is 0. The second-order valence-corrected chi connectivity index (χ2v) is 6.09. The van der Waals surface area contributed by atoms with Gasteiger partial charge in [-0.05, 0) is 25.0 Å². The topological polar surface area (TPSA) is 49.3 Å². The van der Waals surface area contributed by atoms with Crippen LogP contribution in [0.25, 0.3) is 0 Å². The Labute approximate surface area is 119 Å². The van der Waals surface area contributed by atoms with Gasteiger partial charge in [0.1, 0.15) is 0 Å². The Morgan fingerprint density at radius 3 is 2.63 bits per heavy atom. The van der Waals surface area contributed by atoms with E-state index in [2.05, 4.69) is 5.32 Å². The van der Waals surface area contributed by atoms with Crippen LogP contribution in [0, 0.1) is 5.92 Å². The lowest BCUT2D eigenvalue weighted by Gasteiger charge is -2.29. The summed E-state index contributed by atoms with van der Waals surface area (Å²) in [6, 6.07) is 9.82. The highest BCUT2D eigenvalue weighted by atomic mass is 32.2. The molecule has 0 aliphatic rings. The molecule has 1 amide bonds. The van der Waals surface area contributed by atoms with Crippen molar-refractivity contribution in [2.24, 2.45) is 5.92 Å². The average Bonchev–Trinajstić information content (AvgIpc) is 2.43. The third-order valence-electron chi connectivity index (χ3n) is 3.43. The van der Waals surface area contributed by atoms with Gasteiger partial charge >= 0.3 is 0 Å². The first kappa shape index (κ1) is 16.1. The van der Waals surface area contributed by atoms with Gasteiger partial charge in [0.15, 0.2) is 0 Å². The molecule has 4 heteroatoms. The van der Waals surface area contributed by atoms with Gasteiger partial charge in [0, 0.05) is 11.4 Å². The lowest BCUT2D eigenvalue weighted by atomic mass is 9.89. The smallest absolute Gasteiger partial charge is 0.230 e. The molecule has 0 aliphatic heterocycles. The van der Waals surface area contributed by atoms with E-state index in [1.165, 1.54) is 11.8 Å². The van der Waals surface area contributed by atoms with Crippen molar-refractivity contribution in [2.75, 3.05) is 12.3 Å². The highest BCUT2D eigenvalue weighted by molar-refractivity contribution is 8.00. The van der Waals surface area contributed by atoms with Crippen molar-refractivity contribution in [1.29, 1.82) is 0 Å². The van der Waals surface area contributed by atoms with Crippen molar-refractivity contribution in [1.82, 2.24) is 5.32 Å². The Hall–Kier alpha value is -1.00. The fourth-order valence-corrected chi connectivity index (χ4v) is 2.36. The zero-order valence-corrected chi connectivity index (χ0v) is 12.7. The van der Waals surface area contributed by atoms with E-state index in [0.29, 0.717) is 12.3 Å². The maximum atomic E-state index is 11.7. The SMILES string of the molecule is CCC(C)C(C)(O)CNC(=O)CSc1ccccc1. The molecule has 1 rings (SSSR count). The molecule has 2 atom stereocenters. The summed E-state index contributed by atoms with van der Waals surface area (Å²) >= 11 is 1.50. The van der Waals surface area contributed by atoms with Crippen molar-refractivity contribution in [2.45, 2.75) is 37.7 Å². The molecule has 2 unspecified atom stereocenters. The summed E-state index contributed by atoms with van der Waals surface area (Å²) in [5, 5.41) is 13.0. The molecule has 2 N–H and O–H groups in total. The highest BCUT2D eigenvalue weighted by Gasteiger charge is 2.27. The molecular weight excluding hydrogens is 258 g/mol. The standard InChI is InChI=1S/C15H23NO2S/c1-4-12(2)15(3,18)11-16-14(17)10-19-13-8-6-5-7-9-13/h5-9,12,18H,4,10-11H2,1-3H3,(H,16,17). The first-order valence-electron chi connectivity index (χ1n) is 6.62. The Kier molecular flexibility index (Phi) is 6.38. The molecule has 0 bridgehead atoms. The Morgan fingerprint density at radius 1 is 1.42 bits per heavy atom. The minimum atomic E-state index is -0.845. The van der Waals surface area contributed by atoms with E-state index in [-0.39, 0.29) is 11.8 Å². The summed E-state index contributed by atoms with van der Waals surface area (Å²) in [6.45, 7) is 6.10. The highest BCUT2D eigenvalue weighted by Crippen LogP contribution is 2.19. The molecule has 1 aromatic carbocycles. The van der Waals surface area contributed by atoms with E-state index in [1.807, 2.05) is 44.2 Å². The van der Waals surface area contributed by atoms with Gasteiger partial charge in [0.05, 0.1) is 11.4 Å². The minimum Gasteiger partial charge on any atom is -0.388 e. The maximum absolute atomic E-state index is 11.7. The first-order valence-corrected chi connectivity index (χ1v) is 7.61. The van der Waals surface area contributed by atoms with Crippen molar-refractivity contribution in [3.05, 3.63) is 30.3 Å². The first-order chi connectivity index (χ1) is 8.95. The fourth-order valence-electron chi connectivity index (χ4n) is 1.61. The van der Waals surface area contributed by atoms with Crippen molar-refractivity contribution >= 4 is 17.7 Å². The van der Waals surface area contributed by atoms with Crippen LogP contribution in [0.2, 0.25) is 0 Å². The van der Waals surface area contributed by atoms with Crippen molar-refractivity contribution in [3.63, 3.8) is 0 Å². The number of rotatable bonds is 7. The van der Waals surface area contributed by atoms with Crippen LogP contribution in [0.3, 0.4) is 0 Å². The number of carbonyl (C=O) groups is 1. The van der Waals surface area contributed by atoms with E-state index >= 15 is 0 Å². The monoisotopic (exact) mass is 281 g/mol. The zero-order chi connectivity index (χ0) is 14.3. The fraction of sp³-hybridized carbons (Fsp3) is 0.533. The second-order valence-electron chi connectivity index (χ2n) is 5.04. The lowest BCUT2D eigenvalue weighted by Crippen LogP contribution is -2.45. The van der Waals surface area contributed by atoms with Crippen molar-refractivity contribution < 1.29 is 9.90 Å². The number of hydrogen-bond acceptors (Lipinski definition) is 3. The van der Waals surface area contributed by atoms with E-state index in [9.17, 15) is 9.90 Å². The van der Waals surface area contributed by atoms with Gasteiger partial charge in [0.2, 0.25) is 5.91 Å². The Bertz CT molecular complexity index is 392. The predicted octanol–water partition coefficient (Wildman–Crippen LogP) is 2.69. The summed E-state index contributed by atoms with van der Waals surface area (Å²) in [7, 11) is 0. The third kappa shape index (κ3) is 5.66. The van der Waals surface area contributed by atoms with Gasteiger partial charge in [-0.1, -0.05) is 38.5 Å². The molecule has 0 heterocycles. The average molecular weight is 281 g/mol. The predicted molar refractivity (Wildman–Crippen MR) is 80.3 cm³/mol. The normalized spacial score (nSPS) is 15.6. The van der Waals surface area contributed by atoms with E-state index < -0.39 is 5.60 Å². The van der Waals surface area contributed by atoms with Gasteiger partial charge in [-0.2, -0.15) is 0 Å². The summed E-state index contributed by atoms with van der Waals surface area (Å²) in [5.74, 6) is 0.493. The Morgan fingerprint density at radius 2 is 2.05 bits per heavy atom. The summed E-state index contributed by atoms with van der Waals surface area (Å²) in [5.41, 5.74) is -0.845. The maximum Gasteiger partial charge on any atom is 0.230 e. The van der Waals surface area contributed by atoms with Crippen LogP contribution in [0.15, 0.2) is 35.2 Å². The third-order valence-corrected chi connectivity index (χ3v) is 4.44. The molecule has 3 nitrogen and oxygen atoms in total. The van der Waals surface area contributed by atoms with Crippen LogP contribution in [0.1, 0.15) is 27.2 Å². The number of benzene rings is 1. The van der Waals surface area contributed by atoms with Crippen LogP contribution in [-0.4, -0.2) is 28.9 Å². The molecule has 0 radical (unpaired) electrons. The van der Waals surface area contributed by atoms with Gasteiger partial charge in [-0.25, -0.2) is 0 Å². The zero-order valence-electron chi connectivity index (χ0n) is 11.8. The van der Waals surface area contributed by atoms with E-state index in [0.717, 1.165) is 11.3 Å². The molecule has 0 saturated heterocycles. The number of nitrogens with one attached hydrogen (secondary N) is 1. The van der Waals surface area contributed by atoms with Gasteiger partial charge < -0.3 is 10.4 Å². The summed E-state index contributed by atoms with van der Waals surface area (Å²) in [4.78, 5) is 12.8. The van der Waals surface area contributed by atoms with Crippen LogP contribution in [0.5, 0.6) is 0 Å². The number of thioether (sulfide) groups is 1. The van der Waals surface area contributed by atoms with Gasteiger partial charge in [0.25, 0.3) is 0 Å². The second kappa shape index (κ2) is 7.56. The number of aliphatic hydroxyl groups is 1. The molecule has 19 heavy (non-hydrogen) atoms. The summed E-state index contributed by atoms with van der Waals surface area (Å²) in [6.07, 6.45) is 0.891. The van der Waals surface area contributed by atoms with Gasteiger partial charge in [-0.15, -0.1) is 11.8 Å². The lowest BCUT2D eigenvalue weighted by molar-refractivity contribution is -0.120. The molecule has 0 aliphatic carbocycles.